The van der Waals surface area contributed by atoms with Crippen molar-refractivity contribution >= 4 is 36.6 Å². The van der Waals surface area contributed by atoms with Crippen LogP contribution in [0, 0.1) is 0 Å². The molecule has 0 saturated heterocycles. The van der Waals surface area contributed by atoms with E-state index in [0.717, 1.165) is 12.4 Å². The third-order valence-electron chi connectivity index (χ3n) is 4.21. The molecule has 3 atom stereocenters. The van der Waals surface area contributed by atoms with Gasteiger partial charge in [-0.1, -0.05) is 13.8 Å². The first-order valence-corrected chi connectivity index (χ1v) is 13.0. The smallest absolute Gasteiger partial charge is 0.325 e. The summed E-state index contributed by atoms with van der Waals surface area (Å²) in [5.74, 6) is -0.354. The van der Waals surface area contributed by atoms with Crippen LogP contribution < -0.4 is 5.32 Å². The number of hydrogen-bond acceptors (Lipinski definition) is 7. The molecule has 0 saturated carbocycles. The van der Waals surface area contributed by atoms with E-state index in [4.69, 9.17) is 9.26 Å². The van der Waals surface area contributed by atoms with E-state index in [2.05, 4.69) is 29.4 Å². The van der Waals surface area contributed by atoms with Crippen LogP contribution in [-0.2, 0) is 13.8 Å². The summed E-state index contributed by atoms with van der Waals surface area (Å²) >= 11 is 1.78. The van der Waals surface area contributed by atoms with E-state index in [0.29, 0.717) is 16.5 Å². The van der Waals surface area contributed by atoms with Crippen molar-refractivity contribution in [2.45, 2.75) is 43.1 Å². The van der Waals surface area contributed by atoms with E-state index in [9.17, 15) is 14.3 Å². The van der Waals surface area contributed by atoms with Crippen LogP contribution in [0.1, 0.15) is 31.1 Å². The van der Waals surface area contributed by atoms with Gasteiger partial charge in [-0.3, -0.25) is 9.36 Å². The van der Waals surface area contributed by atoms with Crippen molar-refractivity contribution in [1.82, 2.24) is 5.32 Å². The summed E-state index contributed by atoms with van der Waals surface area (Å²) in [4.78, 5) is 23.2. The number of azo groups is 1. The zero-order valence-corrected chi connectivity index (χ0v) is 20.6. The third kappa shape index (κ3) is 9.22. The summed E-state index contributed by atoms with van der Waals surface area (Å²) in [6, 6.07) is 13.9. The van der Waals surface area contributed by atoms with Crippen LogP contribution in [-0.4, -0.2) is 48.6 Å². The summed E-state index contributed by atoms with van der Waals surface area (Å²) in [5, 5.41) is 11.7. The first kappa shape index (κ1) is 26.2. The molecule has 32 heavy (non-hydrogen) atoms. The second-order valence-electron chi connectivity index (χ2n) is 7.56. The molecule has 2 aromatic carbocycles. The topological polar surface area (TPSA) is 110 Å². The molecule has 0 aliphatic heterocycles. The number of carbonyl (C=O) groups is 1. The molecule has 2 rings (SSSR count). The molecule has 0 aromatic heterocycles. The van der Waals surface area contributed by atoms with Crippen LogP contribution in [0.25, 0.3) is 0 Å². The maximum absolute atomic E-state index is 12.6. The fourth-order valence-corrected chi connectivity index (χ4v) is 4.37. The first-order valence-electron chi connectivity index (χ1n) is 10.1. The number of nitrogens with one attached hydrogen (secondary N) is 1. The second-order valence-corrected chi connectivity index (χ2v) is 11.0. The van der Waals surface area contributed by atoms with Crippen LogP contribution in [0.2, 0.25) is 0 Å². The Balaban J connectivity index is 2.00. The fraction of sp³-hybridized carbons (Fsp3) is 0.409. The quantitative estimate of drug-likeness (QED) is 0.248. The number of rotatable bonds is 11. The van der Waals surface area contributed by atoms with Crippen molar-refractivity contribution in [2.24, 2.45) is 10.2 Å². The highest BCUT2D eigenvalue weighted by Gasteiger charge is 2.26. The van der Waals surface area contributed by atoms with Gasteiger partial charge in [0.1, 0.15) is 0 Å². The number of methoxy groups -OCH3 is 1. The maximum atomic E-state index is 12.6. The molecule has 0 spiro atoms. The highest BCUT2D eigenvalue weighted by Crippen LogP contribution is 2.38. The van der Waals surface area contributed by atoms with Gasteiger partial charge in [0.2, 0.25) is 0 Å². The Kier molecular flexibility index (Phi) is 10.1. The van der Waals surface area contributed by atoms with Crippen molar-refractivity contribution < 1.29 is 23.5 Å². The third-order valence-corrected chi connectivity index (χ3v) is 5.95. The normalized spacial score (nSPS) is 15.5. The molecule has 10 heteroatoms. The zero-order chi connectivity index (χ0) is 23.7. The standard InChI is InChI=1S/C22H30N3O5PS/c1-15(2)32-20-12-10-19(11-13-20)25-24-18-8-6-17(7-9-18)22(26)23-21(14-29-4)16(3)30-31(5,27)28/h6-13,15-16,21H,14H2,1-5H3,(H,23,26)(H,27,28)/b25-24+/t16-,21-/m1/s1. The lowest BCUT2D eigenvalue weighted by atomic mass is 10.1. The number of carbonyl (C=O) groups excluding carboxylic acids is 1. The molecule has 1 amide bonds. The van der Waals surface area contributed by atoms with Crippen molar-refractivity contribution in [3.63, 3.8) is 0 Å². The molecule has 0 fully saturated rings. The summed E-state index contributed by atoms with van der Waals surface area (Å²) in [6.45, 7) is 7.13. The van der Waals surface area contributed by atoms with Gasteiger partial charge in [-0.2, -0.15) is 10.2 Å². The minimum absolute atomic E-state index is 0.133. The molecule has 0 unspecified atom stereocenters. The number of ether oxygens (including phenoxy) is 1. The monoisotopic (exact) mass is 479 g/mol. The molecular formula is C22H30N3O5PS. The second kappa shape index (κ2) is 12.3. The van der Waals surface area contributed by atoms with E-state index in [1.165, 1.54) is 12.0 Å². The highest BCUT2D eigenvalue weighted by atomic mass is 32.2. The lowest BCUT2D eigenvalue weighted by Gasteiger charge is -2.25. The van der Waals surface area contributed by atoms with Gasteiger partial charge >= 0.3 is 7.60 Å². The van der Waals surface area contributed by atoms with E-state index in [1.54, 1.807) is 43.0 Å². The number of benzene rings is 2. The lowest BCUT2D eigenvalue weighted by molar-refractivity contribution is 0.0702. The van der Waals surface area contributed by atoms with Gasteiger partial charge in [0.15, 0.2) is 0 Å². The van der Waals surface area contributed by atoms with Gasteiger partial charge in [-0.25, -0.2) is 0 Å². The number of nitrogens with zero attached hydrogens (tertiary/aromatic N) is 2. The van der Waals surface area contributed by atoms with Crippen LogP contribution >= 0.6 is 19.4 Å². The Hall–Kier alpha value is -2.03. The van der Waals surface area contributed by atoms with Gasteiger partial charge in [-0.05, 0) is 55.5 Å². The Morgan fingerprint density at radius 3 is 2.06 bits per heavy atom. The van der Waals surface area contributed by atoms with Crippen LogP contribution in [0.4, 0.5) is 11.4 Å². The van der Waals surface area contributed by atoms with E-state index in [-0.39, 0.29) is 12.5 Å². The molecule has 2 aromatic rings. The van der Waals surface area contributed by atoms with E-state index in [1.807, 2.05) is 24.3 Å². The summed E-state index contributed by atoms with van der Waals surface area (Å²) in [7, 11) is -2.22. The molecule has 0 aliphatic carbocycles. The summed E-state index contributed by atoms with van der Waals surface area (Å²) < 4.78 is 21.7. The summed E-state index contributed by atoms with van der Waals surface area (Å²) in [5.41, 5.74) is 1.77. The Morgan fingerprint density at radius 2 is 1.59 bits per heavy atom. The van der Waals surface area contributed by atoms with E-state index >= 15 is 0 Å². The summed E-state index contributed by atoms with van der Waals surface area (Å²) in [6.07, 6.45) is -0.710. The Morgan fingerprint density at radius 1 is 1.06 bits per heavy atom. The molecule has 0 bridgehead atoms. The molecule has 174 valence electrons. The Labute approximate surface area is 193 Å². The minimum atomic E-state index is -3.69. The minimum Gasteiger partial charge on any atom is -0.382 e. The van der Waals surface area contributed by atoms with Gasteiger partial charge < -0.3 is 19.5 Å². The molecule has 0 aliphatic rings. The van der Waals surface area contributed by atoms with Gasteiger partial charge in [0.05, 0.1) is 30.1 Å². The number of hydrogen-bond donors (Lipinski definition) is 2. The number of thioether (sulfide) groups is 1. The first-order chi connectivity index (χ1) is 15.1. The Bertz CT molecular complexity index is 945. The van der Waals surface area contributed by atoms with Gasteiger partial charge in [0, 0.05) is 29.5 Å². The molecular weight excluding hydrogens is 449 g/mol. The number of amides is 1. The van der Waals surface area contributed by atoms with Crippen LogP contribution in [0.15, 0.2) is 63.7 Å². The largest absolute Gasteiger partial charge is 0.382 e. The predicted octanol–water partition coefficient (Wildman–Crippen LogP) is 5.57. The van der Waals surface area contributed by atoms with Crippen molar-refractivity contribution in [3.05, 3.63) is 54.1 Å². The van der Waals surface area contributed by atoms with Gasteiger partial charge in [0.25, 0.3) is 5.91 Å². The molecule has 0 heterocycles. The van der Waals surface area contributed by atoms with Crippen LogP contribution in [0.3, 0.4) is 0 Å². The zero-order valence-electron chi connectivity index (χ0n) is 18.9. The average molecular weight is 480 g/mol. The lowest BCUT2D eigenvalue weighted by Crippen LogP contribution is -2.45. The molecule has 0 radical (unpaired) electrons. The van der Waals surface area contributed by atoms with Crippen LogP contribution in [0.5, 0.6) is 0 Å². The van der Waals surface area contributed by atoms with E-state index < -0.39 is 19.7 Å². The predicted molar refractivity (Wildman–Crippen MR) is 127 cm³/mol. The maximum Gasteiger partial charge on any atom is 0.325 e. The highest BCUT2D eigenvalue weighted by molar-refractivity contribution is 7.99. The molecule has 8 nitrogen and oxygen atoms in total. The van der Waals surface area contributed by atoms with Crippen molar-refractivity contribution in [2.75, 3.05) is 20.4 Å². The fourth-order valence-electron chi connectivity index (χ4n) is 2.77. The van der Waals surface area contributed by atoms with Crippen molar-refractivity contribution in [3.8, 4) is 0 Å². The molecule has 2 N–H and O–H groups in total. The average Bonchev–Trinajstić information content (AvgIpc) is 2.71. The van der Waals surface area contributed by atoms with Gasteiger partial charge in [-0.15, -0.1) is 11.8 Å². The SMILES string of the molecule is COC[C@@H](NC(=O)c1ccc(/N=N/c2ccc(SC(C)C)cc2)cc1)[C@@H](C)O[P@](C)(=O)O. The van der Waals surface area contributed by atoms with Crippen molar-refractivity contribution in [1.29, 1.82) is 0 Å².